The summed E-state index contributed by atoms with van der Waals surface area (Å²) in [5, 5.41) is 14.7. The van der Waals surface area contributed by atoms with Crippen LogP contribution in [0.1, 0.15) is 83.4 Å². The lowest BCUT2D eigenvalue weighted by Gasteiger charge is -2.23. The SMILES string of the molecule is CCCCCSC(CCCCC)CC(=O)C(O)[C@H]1O[C@@H](n2cc(C)c(=O)[nH]c2=O)C[C@@H]1N=[N+]=[N-]. The molecule has 34 heavy (non-hydrogen) atoms. The maximum absolute atomic E-state index is 13.0. The maximum atomic E-state index is 13.0. The van der Waals surface area contributed by atoms with Crippen LogP contribution in [0.5, 0.6) is 0 Å². The minimum atomic E-state index is -1.47. The summed E-state index contributed by atoms with van der Waals surface area (Å²) in [6, 6.07) is -0.816. The van der Waals surface area contributed by atoms with Gasteiger partial charge in [-0.1, -0.05) is 51.1 Å². The molecular formula is C23H37N5O5S. The molecular weight excluding hydrogens is 458 g/mol. The van der Waals surface area contributed by atoms with Crippen molar-refractivity contribution in [3.05, 3.63) is 43.0 Å². The number of hydrogen-bond acceptors (Lipinski definition) is 7. The fourth-order valence-corrected chi connectivity index (χ4v) is 5.43. The Morgan fingerprint density at radius 3 is 2.71 bits per heavy atom. The summed E-state index contributed by atoms with van der Waals surface area (Å²) in [6.45, 7) is 5.85. The number of aromatic amines is 1. The summed E-state index contributed by atoms with van der Waals surface area (Å²) >= 11 is 1.78. The average molecular weight is 496 g/mol. The molecule has 1 saturated heterocycles. The van der Waals surface area contributed by atoms with Gasteiger partial charge < -0.3 is 9.84 Å². The first-order chi connectivity index (χ1) is 16.3. The molecule has 0 spiro atoms. The van der Waals surface area contributed by atoms with Crippen molar-refractivity contribution in [1.29, 1.82) is 0 Å². The number of Topliss-reactive ketones (excluding diaryl/α,β-unsaturated/α-hetero) is 1. The number of unbranched alkanes of at least 4 members (excludes halogenated alkanes) is 4. The number of carbonyl (C=O) groups excluding carboxylic acids is 1. The van der Waals surface area contributed by atoms with Crippen LogP contribution in [-0.2, 0) is 9.53 Å². The molecule has 1 fully saturated rings. The van der Waals surface area contributed by atoms with Crippen LogP contribution in [0.3, 0.4) is 0 Å². The van der Waals surface area contributed by atoms with E-state index in [1.807, 2.05) is 0 Å². The van der Waals surface area contributed by atoms with Gasteiger partial charge >= 0.3 is 5.69 Å². The van der Waals surface area contributed by atoms with Gasteiger partial charge in [-0.25, -0.2) is 4.79 Å². The fourth-order valence-electron chi connectivity index (χ4n) is 4.11. The van der Waals surface area contributed by atoms with Crippen molar-refractivity contribution in [3.8, 4) is 0 Å². The third kappa shape index (κ3) is 8.01. The lowest BCUT2D eigenvalue weighted by Crippen LogP contribution is -2.40. The van der Waals surface area contributed by atoms with Crippen molar-refractivity contribution >= 4 is 17.5 Å². The lowest BCUT2D eigenvalue weighted by atomic mass is 9.98. The molecule has 11 heteroatoms. The van der Waals surface area contributed by atoms with Gasteiger partial charge in [0.1, 0.15) is 18.4 Å². The number of nitrogens with one attached hydrogen (secondary N) is 1. The molecule has 10 nitrogen and oxygen atoms in total. The number of nitrogens with zero attached hydrogens (tertiary/aromatic N) is 4. The van der Waals surface area contributed by atoms with Crippen LogP contribution in [0.2, 0.25) is 0 Å². The number of aliphatic hydroxyl groups is 1. The molecule has 1 aliphatic rings. The molecule has 5 atom stereocenters. The third-order valence-corrected chi connectivity index (χ3v) is 7.49. The van der Waals surface area contributed by atoms with Crippen LogP contribution < -0.4 is 11.2 Å². The molecule has 0 aliphatic carbocycles. The summed E-state index contributed by atoms with van der Waals surface area (Å²) in [5.41, 5.74) is 8.14. The standard InChI is InChI=1S/C23H37N5O5S/c1-4-6-8-10-16(34-11-9-7-5-2)12-18(29)20(30)21-17(26-27-24)13-19(33-21)28-14-15(3)22(31)25-23(28)32/h14,16-17,19-21,30H,4-13H2,1-3H3,(H,25,31,32)/t16?,17-,19+,20?,21-/m0/s1. The zero-order chi connectivity index (χ0) is 25.1. The Kier molecular flexibility index (Phi) is 11.9. The van der Waals surface area contributed by atoms with Crippen LogP contribution in [0.4, 0.5) is 0 Å². The van der Waals surface area contributed by atoms with Gasteiger partial charge in [-0.15, -0.1) is 0 Å². The van der Waals surface area contributed by atoms with Gasteiger partial charge in [0.15, 0.2) is 5.78 Å². The maximum Gasteiger partial charge on any atom is 0.330 e. The second-order valence-electron chi connectivity index (χ2n) is 8.85. The number of hydrogen-bond donors (Lipinski definition) is 2. The molecule has 2 heterocycles. The number of aromatic nitrogens is 2. The first-order valence-corrected chi connectivity index (χ1v) is 13.2. The normalized spacial score (nSPS) is 21.7. The van der Waals surface area contributed by atoms with E-state index in [0.717, 1.165) is 50.7 Å². The molecule has 1 aromatic rings. The topological polar surface area (TPSA) is 150 Å². The molecule has 1 aliphatic heterocycles. The Morgan fingerprint density at radius 1 is 1.32 bits per heavy atom. The Balaban J connectivity index is 2.11. The molecule has 1 aromatic heterocycles. The minimum absolute atomic E-state index is 0.107. The predicted octanol–water partition coefficient (Wildman–Crippen LogP) is 4.00. The first-order valence-electron chi connectivity index (χ1n) is 12.2. The van der Waals surface area contributed by atoms with E-state index in [-0.39, 0.29) is 23.9 Å². The van der Waals surface area contributed by atoms with Crippen LogP contribution in [0.15, 0.2) is 20.9 Å². The minimum Gasteiger partial charge on any atom is -0.383 e. The molecule has 0 saturated carbocycles. The molecule has 0 aromatic carbocycles. The highest BCUT2D eigenvalue weighted by Crippen LogP contribution is 2.33. The van der Waals surface area contributed by atoms with Crippen molar-refractivity contribution in [2.24, 2.45) is 5.11 Å². The van der Waals surface area contributed by atoms with E-state index < -0.39 is 35.7 Å². The van der Waals surface area contributed by atoms with Gasteiger partial charge in [-0.05, 0) is 31.0 Å². The van der Waals surface area contributed by atoms with E-state index in [9.17, 15) is 19.5 Å². The second-order valence-corrected chi connectivity index (χ2v) is 10.3. The predicted molar refractivity (Wildman–Crippen MR) is 133 cm³/mol. The van der Waals surface area contributed by atoms with Gasteiger partial charge in [-0.3, -0.25) is 19.1 Å². The van der Waals surface area contributed by atoms with Crippen molar-refractivity contribution in [3.63, 3.8) is 0 Å². The van der Waals surface area contributed by atoms with Crippen molar-refractivity contribution < 1.29 is 14.6 Å². The van der Waals surface area contributed by atoms with Crippen LogP contribution in [0, 0.1) is 6.92 Å². The van der Waals surface area contributed by atoms with Crippen LogP contribution >= 0.6 is 11.8 Å². The molecule has 0 amide bonds. The number of azide groups is 1. The van der Waals surface area contributed by atoms with E-state index in [2.05, 4.69) is 28.9 Å². The Bertz CT molecular complexity index is 958. The molecule has 0 radical (unpaired) electrons. The number of aryl methyl sites for hydroxylation is 1. The second kappa shape index (κ2) is 14.4. The van der Waals surface area contributed by atoms with Gasteiger partial charge in [0, 0.05) is 34.8 Å². The summed E-state index contributed by atoms with van der Waals surface area (Å²) in [4.78, 5) is 42.0. The monoisotopic (exact) mass is 495 g/mol. The molecule has 0 bridgehead atoms. The van der Waals surface area contributed by atoms with E-state index in [1.54, 1.807) is 18.7 Å². The van der Waals surface area contributed by atoms with Gasteiger partial charge in [-0.2, -0.15) is 11.8 Å². The zero-order valence-electron chi connectivity index (χ0n) is 20.3. The number of aliphatic hydroxyl groups excluding tert-OH is 1. The summed E-state index contributed by atoms with van der Waals surface area (Å²) in [6.07, 6.45) is 5.82. The Labute approximate surface area is 204 Å². The van der Waals surface area contributed by atoms with Gasteiger partial charge in [0.25, 0.3) is 5.56 Å². The number of ketones is 1. The number of rotatable bonds is 15. The Morgan fingerprint density at radius 2 is 2.03 bits per heavy atom. The van der Waals surface area contributed by atoms with E-state index >= 15 is 0 Å². The quantitative estimate of drug-likeness (QED) is 0.162. The van der Waals surface area contributed by atoms with E-state index in [0.29, 0.717) is 5.56 Å². The zero-order valence-corrected chi connectivity index (χ0v) is 21.1. The summed E-state index contributed by atoms with van der Waals surface area (Å²) in [7, 11) is 0. The smallest absolute Gasteiger partial charge is 0.330 e. The highest BCUT2D eigenvalue weighted by atomic mass is 32.2. The number of H-pyrrole nitrogens is 1. The number of thioether (sulfide) groups is 1. The molecule has 2 N–H and O–H groups in total. The Hall–Kier alpha value is -2.07. The third-order valence-electron chi connectivity index (χ3n) is 6.09. The van der Waals surface area contributed by atoms with Crippen LogP contribution in [-0.4, -0.2) is 49.7 Å². The fraction of sp³-hybridized carbons (Fsp3) is 0.783. The number of ether oxygens (including phenoxy) is 1. The highest BCUT2D eigenvalue weighted by molar-refractivity contribution is 7.99. The summed E-state index contributed by atoms with van der Waals surface area (Å²) < 4.78 is 7.06. The number of carbonyl (C=O) groups is 1. The lowest BCUT2D eigenvalue weighted by molar-refractivity contribution is -0.137. The van der Waals surface area contributed by atoms with Crippen molar-refractivity contribution in [1.82, 2.24) is 9.55 Å². The molecule has 190 valence electrons. The summed E-state index contributed by atoms with van der Waals surface area (Å²) in [5.74, 6) is 0.629. The highest BCUT2D eigenvalue weighted by Gasteiger charge is 2.43. The largest absolute Gasteiger partial charge is 0.383 e. The van der Waals surface area contributed by atoms with Crippen molar-refractivity contribution in [2.45, 2.75) is 108 Å². The van der Waals surface area contributed by atoms with Gasteiger partial charge in [0.05, 0.1) is 6.04 Å². The van der Waals surface area contributed by atoms with Crippen LogP contribution in [0.25, 0.3) is 10.4 Å². The van der Waals surface area contributed by atoms with Crippen molar-refractivity contribution in [2.75, 3.05) is 5.75 Å². The van der Waals surface area contributed by atoms with Gasteiger partial charge in [0.2, 0.25) is 0 Å². The first kappa shape index (κ1) is 28.2. The molecule has 2 rings (SSSR count). The van der Waals surface area contributed by atoms with E-state index in [4.69, 9.17) is 10.3 Å². The molecule has 2 unspecified atom stereocenters. The average Bonchev–Trinajstić information content (AvgIpc) is 3.22. The van der Waals surface area contributed by atoms with E-state index in [1.165, 1.54) is 10.8 Å².